The van der Waals surface area contributed by atoms with E-state index in [-0.39, 0.29) is 12.5 Å². The molecule has 0 aliphatic rings. The van der Waals surface area contributed by atoms with Crippen molar-refractivity contribution in [1.29, 1.82) is 0 Å². The number of nitrogens with one attached hydrogen (secondary N) is 1. The predicted molar refractivity (Wildman–Crippen MR) is 81.5 cm³/mol. The summed E-state index contributed by atoms with van der Waals surface area (Å²) in [6, 6.07) is 5.62. The molecule has 0 atom stereocenters. The van der Waals surface area contributed by atoms with Gasteiger partial charge in [-0.05, 0) is 24.6 Å². The Morgan fingerprint density at radius 2 is 2.29 bits per heavy atom. The van der Waals surface area contributed by atoms with Crippen molar-refractivity contribution in [1.82, 2.24) is 15.1 Å². The summed E-state index contributed by atoms with van der Waals surface area (Å²) in [5, 5.41) is 6.61. The summed E-state index contributed by atoms with van der Waals surface area (Å²) in [7, 11) is 1.76. The average molecular weight is 282 g/mol. The number of amides is 1. The number of hydrogen-bond donors (Lipinski definition) is 2. The maximum atomic E-state index is 12.6. The Kier molecular flexibility index (Phi) is 4.75. The second-order valence-electron chi connectivity index (χ2n) is 4.82. The molecule has 1 aromatic carbocycles. The SMILES string of the molecule is Cc1ccc(C(=O)N(C)Cc2cn[nH]c2)c(C#CCN)c1. The number of nitrogens with two attached hydrogens (primary N) is 1. The first-order valence-corrected chi connectivity index (χ1v) is 6.64. The van der Waals surface area contributed by atoms with Crippen LogP contribution >= 0.6 is 0 Å². The number of benzene rings is 1. The standard InChI is InChI=1S/C16H18N4O/c1-12-5-6-15(14(8-12)4-3-7-17)16(21)20(2)11-13-9-18-19-10-13/h5-6,8-10H,7,11,17H2,1-2H3,(H,18,19). The Balaban J connectivity index is 2.25. The Morgan fingerprint density at radius 3 is 2.95 bits per heavy atom. The number of aromatic amines is 1. The summed E-state index contributed by atoms with van der Waals surface area (Å²) in [5.74, 6) is 5.70. The number of aryl methyl sites for hydroxylation is 1. The van der Waals surface area contributed by atoms with Crippen LogP contribution in [0.1, 0.15) is 27.0 Å². The zero-order chi connectivity index (χ0) is 15.2. The lowest BCUT2D eigenvalue weighted by Crippen LogP contribution is -2.26. The third kappa shape index (κ3) is 3.71. The number of aromatic nitrogens is 2. The van der Waals surface area contributed by atoms with Gasteiger partial charge in [0.05, 0.1) is 18.3 Å². The lowest BCUT2D eigenvalue weighted by Gasteiger charge is -2.17. The van der Waals surface area contributed by atoms with Crippen LogP contribution in [0, 0.1) is 18.8 Å². The van der Waals surface area contributed by atoms with E-state index >= 15 is 0 Å². The van der Waals surface area contributed by atoms with E-state index in [9.17, 15) is 4.79 Å². The zero-order valence-electron chi connectivity index (χ0n) is 12.2. The van der Waals surface area contributed by atoms with E-state index in [1.165, 1.54) is 0 Å². The van der Waals surface area contributed by atoms with Gasteiger partial charge in [0.15, 0.2) is 0 Å². The van der Waals surface area contributed by atoms with Crippen molar-refractivity contribution in [2.75, 3.05) is 13.6 Å². The molecular formula is C16H18N4O. The molecule has 0 aliphatic carbocycles. The third-order valence-corrected chi connectivity index (χ3v) is 3.05. The highest BCUT2D eigenvalue weighted by Crippen LogP contribution is 2.14. The molecule has 0 radical (unpaired) electrons. The topological polar surface area (TPSA) is 75.0 Å². The van der Waals surface area contributed by atoms with Gasteiger partial charge < -0.3 is 10.6 Å². The Labute approximate surface area is 124 Å². The van der Waals surface area contributed by atoms with Crippen molar-refractivity contribution in [3.63, 3.8) is 0 Å². The molecule has 0 saturated carbocycles. The van der Waals surface area contributed by atoms with Gasteiger partial charge in [0.25, 0.3) is 5.91 Å². The number of H-pyrrole nitrogens is 1. The van der Waals surface area contributed by atoms with Crippen LogP contribution in [0.4, 0.5) is 0 Å². The molecule has 1 aromatic heterocycles. The lowest BCUT2D eigenvalue weighted by molar-refractivity contribution is 0.0785. The molecule has 0 aliphatic heterocycles. The van der Waals surface area contributed by atoms with E-state index in [1.807, 2.05) is 25.1 Å². The van der Waals surface area contributed by atoms with Crippen LogP contribution in [0.25, 0.3) is 0 Å². The average Bonchev–Trinajstić information content (AvgIpc) is 2.97. The predicted octanol–water partition coefficient (Wildman–Crippen LogP) is 1.30. The number of nitrogens with zero attached hydrogens (tertiary/aromatic N) is 2. The molecule has 3 N–H and O–H groups in total. The van der Waals surface area contributed by atoms with Crippen LogP contribution in [0.3, 0.4) is 0 Å². The molecule has 5 heteroatoms. The summed E-state index contributed by atoms with van der Waals surface area (Å²) in [5.41, 5.74) is 8.73. The molecule has 108 valence electrons. The van der Waals surface area contributed by atoms with Gasteiger partial charge in [0.2, 0.25) is 0 Å². The van der Waals surface area contributed by atoms with E-state index in [2.05, 4.69) is 22.0 Å². The third-order valence-electron chi connectivity index (χ3n) is 3.05. The molecule has 0 fully saturated rings. The minimum atomic E-state index is -0.0717. The van der Waals surface area contributed by atoms with Crippen molar-refractivity contribution in [3.8, 4) is 11.8 Å². The fourth-order valence-corrected chi connectivity index (χ4v) is 2.01. The number of carbonyl (C=O) groups excluding carboxylic acids is 1. The second kappa shape index (κ2) is 6.73. The zero-order valence-corrected chi connectivity index (χ0v) is 12.2. The summed E-state index contributed by atoms with van der Waals surface area (Å²) < 4.78 is 0. The molecule has 0 unspecified atom stereocenters. The fraction of sp³-hybridized carbons (Fsp3) is 0.250. The molecule has 1 heterocycles. The minimum Gasteiger partial charge on any atom is -0.337 e. The van der Waals surface area contributed by atoms with Gasteiger partial charge in [0.1, 0.15) is 0 Å². The Hall–Kier alpha value is -2.58. The molecule has 2 aromatic rings. The van der Waals surface area contributed by atoms with Gasteiger partial charge in [-0.2, -0.15) is 5.10 Å². The van der Waals surface area contributed by atoms with Gasteiger partial charge in [-0.25, -0.2) is 0 Å². The Bertz CT molecular complexity index is 680. The smallest absolute Gasteiger partial charge is 0.255 e. The van der Waals surface area contributed by atoms with Gasteiger partial charge in [-0.1, -0.05) is 17.9 Å². The van der Waals surface area contributed by atoms with Gasteiger partial charge in [-0.15, -0.1) is 0 Å². The minimum absolute atomic E-state index is 0.0717. The van der Waals surface area contributed by atoms with Gasteiger partial charge >= 0.3 is 0 Å². The highest BCUT2D eigenvalue weighted by molar-refractivity contribution is 5.96. The van der Waals surface area contributed by atoms with Crippen molar-refractivity contribution < 1.29 is 4.79 Å². The molecule has 21 heavy (non-hydrogen) atoms. The van der Waals surface area contributed by atoms with Crippen LogP contribution in [-0.2, 0) is 6.54 Å². The largest absolute Gasteiger partial charge is 0.337 e. The summed E-state index contributed by atoms with van der Waals surface area (Å²) >= 11 is 0. The first-order valence-electron chi connectivity index (χ1n) is 6.64. The van der Waals surface area contributed by atoms with E-state index < -0.39 is 0 Å². The van der Waals surface area contributed by atoms with Crippen LogP contribution < -0.4 is 5.73 Å². The monoisotopic (exact) mass is 282 g/mol. The van der Waals surface area contributed by atoms with Crippen molar-refractivity contribution >= 4 is 5.91 Å². The van der Waals surface area contributed by atoms with Crippen molar-refractivity contribution in [2.24, 2.45) is 5.73 Å². The highest BCUT2D eigenvalue weighted by atomic mass is 16.2. The highest BCUT2D eigenvalue weighted by Gasteiger charge is 2.15. The van der Waals surface area contributed by atoms with Crippen LogP contribution in [0.15, 0.2) is 30.6 Å². The first kappa shape index (κ1) is 14.8. The van der Waals surface area contributed by atoms with Crippen LogP contribution in [0.2, 0.25) is 0 Å². The fourth-order valence-electron chi connectivity index (χ4n) is 2.01. The lowest BCUT2D eigenvalue weighted by atomic mass is 10.0. The molecular weight excluding hydrogens is 264 g/mol. The van der Waals surface area contributed by atoms with E-state index in [0.29, 0.717) is 17.7 Å². The molecule has 0 bridgehead atoms. The van der Waals surface area contributed by atoms with E-state index in [0.717, 1.165) is 11.1 Å². The maximum Gasteiger partial charge on any atom is 0.255 e. The van der Waals surface area contributed by atoms with E-state index in [1.54, 1.807) is 24.3 Å². The Morgan fingerprint density at radius 1 is 1.48 bits per heavy atom. The summed E-state index contributed by atoms with van der Waals surface area (Å²) in [4.78, 5) is 14.2. The van der Waals surface area contributed by atoms with Gasteiger partial charge in [-0.3, -0.25) is 9.89 Å². The van der Waals surface area contributed by atoms with Gasteiger partial charge in [0, 0.05) is 30.9 Å². The van der Waals surface area contributed by atoms with Crippen LogP contribution in [0.5, 0.6) is 0 Å². The molecule has 5 nitrogen and oxygen atoms in total. The van der Waals surface area contributed by atoms with E-state index in [4.69, 9.17) is 5.73 Å². The quantitative estimate of drug-likeness (QED) is 0.833. The molecule has 2 rings (SSSR count). The molecule has 0 spiro atoms. The summed E-state index contributed by atoms with van der Waals surface area (Å²) in [6.07, 6.45) is 3.47. The normalized spacial score (nSPS) is 9.86. The van der Waals surface area contributed by atoms with Crippen molar-refractivity contribution in [3.05, 3.63) is 52.8 Å². The number of carbonyl (C=O) groups is 1. The second-order valence-corrected chi connectivity index (χ2v) is 4.82. The first-order chi connectivity index (χ1) is 10.1. The number of hydrogen-bond acceptors (Lipinski definition) is 3. The van der Waals surface area contributed by atoms with Crippen molar-refractivity contribution in [2.45, 2.75) is 13.5 Å². The molecule has 1 amide bonds. The summed E-state index contributed by atoms with van der Waals surface area (Å²) in [6.45, 7) is 2.73. The van der Waals surface area contributed by atoms with Crippen LogP contribution in [-0.4, -0.2) is 34.6 Å². The maximum absolute atomic E-state index is 12.6. The number of rotatable bonds is 3. The molecule has 0 saturated heterocycles.